The molecule has 1 atom stereocenters. The molecule has 7 heteroatoms. The van der Waals surface area contributed by atoms with E-state index in [0.717, 1.165) is 28.1 Å². The van der Waals surface area contributed by atoms with Gasteiger partial charge in [0.05, 0.1) is 11.8 Å². The van der Waals surface area contributed by atoms with Crippen LogP contribution in [0.2, 0.25) is 0 Å². The zero-order chi connectivity index (χ0) is 19.4. The molecule has 0 fully saturated rings. The van der Waals surface area contributed by atoms with Crippen LogP contribution in [0.5, 0.6) is 5.75 Å². The Kier molecular flexibility index (Phi) is 6.13. The zero-order valence-corrected chi connectivity index (χ0v) is 16.8. The number of benzene rings is 2. The van der Waals surface area contributed by atoms with Crippen molar-refractivity contribution < 1.29 is 9.84 Å². The molecule has 6 nitrogen and oxygen atoms in total. The van der Waals surface area contributed by atoms with Crippen LogP contribution in [-0.2, 0) is 0 Å². The lowest BCUT2D eigenvalue weighted by atomic mass is 10.1. The predicted molar refractivity (Wildman–Crippen MR) is 107 cm³/mol. The molecule has 2 aromatic carbocycles. The van der Waals surface area contributed by atoms with Gasteiger partial charge in [-0.1, -0.05) is 47.7 Å². The van der Waals surface area contributed by atoms with Crippen molar-refractivity contribution in [3.8, 4) is 11.4 Å². The summed E-state index contributed by atoms with van der Waals surface area (Å²) in [7, 11) is 0. The molecule has 142 valence electrons. The Morgan fingerprint density at radius 3 is 2.52 bits per heavy atom. The Morgan fingerprint density at radius 1 is 1.07 bits per heavy atom. The lowest BCUT2D eigenvalue weighted by Crippen LogP contribution is -2.21. The number of nitrogens with zero attached hydrogens (tertiary/aromatic N) is 4. The molecular weight excluding hydrogens is 360 g/mol. The quantitative estimate of drug-likeness (QED) is 0.629. The number of para-hydroxylation sites is 1. The molecular formula is C20H24N4O2S. The van der Waals surface area contributed by atoms with Gasteiger partial charge in [-0.25, -0.2) is 0 Å². The van der Waals surface area contributed by atoms with Gasteiger partial charge in [-0.2, -0.15) is 4.68 Å². The number of hydrogen-bond acceptors (Lipinski definition) is 6. The lowest BCUT2D eigenvalue weighted by Gasteiger charge is -2.15. The van der Waals surface area contributed by atoms with Crippen LogP contribution in [0.1, 0.15) is 22.3 Å². The third kappa shape index (κ3) is 4.67. The summed E-state index contributed by atoms with van der Waals surface area (Å²) in [5.41, 5.74) is 5.36. The average molecular weight is 385 g/mol. The average Bonchev–Trinajstić information content (AvgIpc) is 3.08. The van der Waals surface area contributed by atoms with Crippen molar-refractivity contribution in [1.29, 1.82) is 0 Å². The second-order valence-electron chi connectivity index (χ2n) is 6.66. The summed E-state index contributed by atoms with van der Waals surface area (Å²) in [5, 5.41) is 22.9. The summed E-state index contributed by atoms with van der Waals surface area (Å²) in [6.45, 7) is 8.32. The minimum atomic E-state index is -0.627. The summed E-state index contributed by atoms with van der Waals surface area (Å²) >= 11 is 1.41. The van der Waals surface area contributed by atoms with E-state index < -0.39 is 6.10 Å². The molecule has 0 aliphatic rings. The van der Waals surface area contributed by atoms with Crippen LogP contribution in [0.25, 0.3) is 5.69 Å². The minimum Gasteiger partial charge on any atom is -0.490 e. The van der Waals surface area contributed by atoms with E-state index in [0.29, 0.717) is 10.9 Å². The maximum atomic E-state index is 10.3. The number of tetrazole rings is 1. The Labute approximate surface area is 163 Å². The maximum absolute atomic E-state index is 10.3. The number of aliphatic hydroxyl groups is 1. The lowest BCUT2D eigenvalue weighted by molar-refractivity contribution is 0.125. The van der Waals surface area contributed by atoms with Crippen LogP contribution in [0.3, 0.4) is 0 Å². The minimum absolute atomic E-state index is 0.226. The van der Waals surface area contributed by atoms with Crippen LogP contribution in [0.15, 0.2) is 41.6 Å². The van der Waals surface area contributed by atoms with E-state index in [1.54, 1.807) is 4.68 Å². The fraction of sp³-hybridized carbons (Fsp3) is 0.350. The van der Waals surface area contributed by atoms with E-state index in [1.165, 1.54) is 17.3 Å². The standard InChI is InChI=1S/C20H24N4O2S/c1-13-8-9-18(16(4)10-13)24-20(21-22-23-24)27-12-17(25)11-26-19-14(2)6-5-7-15(19)3/h5-10,17,25H,11-12H2,1-4H3. The summed E-state index contributed by atoms with van der Waals surface area (Å²) in [5.74, 6) is 1.28. The van der Waals surface area contributed by atoms with Gasteiger partial charge in [0.2, 0.25) is 5.16 Å². The van der Waals surface area contributed by atoms with Crippen molar-refractivity contribution in [3.05, 3.63) is 58.7 Å². The smallest absolute Gasteiger partial charge is 0.214 e. The van der Waals surface area contributed by atoms with E-state index >= 15 is 0 Å². The largest absolute Gasteiger partial charge is 0.490 e. The third-order valence-corrected chi connectivity index (χ3v) is 5.32. The highest BCUT2D eigenvalue weighted by molar-refractivity contribution is 7.99. The molecule has 0 aliphatic heterocycles. The van der Waals surface area contributed by atoms with Crippen LogP contribution in [-0.4, -0.2) is 43.8 Å². The third-order valence-electron chi connectivity index (χ3n) is 4.26. The first kappa shape index (κ1) is 19.4. The molecule has 27 heavy (non-hydrogen) atoms. The topological polar surface area (TPSA) is 73.1 Å². The molecule has 0 radical (unpaired) electrons. The summed E-state index contributed by atoms with van der Waals surface area (Å²) in [6, 6.07) is 12.1. The number of rotatable bonds is 7. The van der Waals surface area contributed by atoms with Crippen molar-refractivity contribution in [2.75, 3.05) is 12.4 Å². The summed E-state index contributed by atoms with van der Waals surface area (Å²) in [4.78, 5) is 0. The fourth-order valence-corrected chi connectivity index (χ4v) is 3.68. The normalized spacial score (nSPS) is 12.2. The second kappa shape index (κ2) is 8.54. The molecule has 0 bridgehead atoms. The second-order valence-corrected chi connectivity index (χ2v) is 7.65. The fourth-order valence-electron chi connectivity index (χ4n) is 2.89. The van der Waals surface area contributed by atoms with Gasteiger partial charge >= 0.3 is 0 Å². The SMILES string of the molecule is Cc1ccc(-n2nnnc2SCC(O)COc2c(C)cccc2C)c(C)c1. The van der Waals surface area contributed by atoms with Crippen LogP contribution < -0.4 is 4.74 Å². The number of thioether (sulfide) groups is 1. The number of aliphatic hydroxyl groups excluding tert-OH is 1. The number of hydrogen-bond donors (Lipinski definition) is 1. The van der Waals surface area contributed by atoms with Crippen molar-refractivity contribution in [2.24, 2.45) is 0 Å². The highest BCUT2D eigenvalue weighted by Crippen LogP contribution is 2.24. The van der Waals surface area contributed by atoms with Gasteiger partial charge in [-0.3, -0.25) is 0 Å². The molecule has 3 rings (SSSR count). The summed E-state index contributed by atoms with van der Waals surface area (Å²) < 4.78 is 7.53. The predicted octanol–water partition coefficient (Wildman–Crippen LogP) is 3.43. The molecule has 1 unspecified atom stereocenters. The highest BCUT2D eigenvalue weighted by Gasteiger charge is 2.15. The molecule has 0 amide bonds. The number of aryl methyl sites for hydroxylation is 4. The first-order valence-corrected chi connectivity index (χ1v) is 9.80. The Hall–Kier alpha value is -2.38. The Bertz CT molecular complexity index is 906. The molecule has 1 N–H and O–H groups in total. The van der Waals surface area contributed by atoms with E-state index in [1.807, 2.05) is 51.1 Å². The molecule has 1 aromatic heterocycles. The first-order valence-electron chi connectivity index (χ1n) is 8.81. The van der Waals surface area contributed by atoms with Crippen LogP contribution in [0, 0.1) is 27.7 Å². The highest BCUT2D eigenvalue weighted by atomic mass is 32.2. The maximum Gasteiger partial charge on any atom is 0.214 e. The van der Waals surface area contributed by atoms with Gasteiger partial charge < -0.3 is 9.84 Å². The van der Waals surface area contributed by atoms with E-state index in [4.69, 9.17) is 4.74 Å². The van der Waals surface area contributed by atoms with Crippen LogP contribution >= 0.6 is 11.8 Å². The van der Waals surface area contributed by atoms with Gasteiger partial charge in [0.1, 0.15) is 12.4 Å². The van der Waals surface area contributed by atoms with Gasteiger partial charge in [-0.05, 0) is 60.9 Å². The zero-order valence-electron chi connectivity index (χ0n) is 16.0. The van der Waals surface area contributed by atoms with Crippen molar-refractivity contribution in [2.45, 2.75) is 39.0 Å². The van der Waals surface area contributed by atoms with Gasteiger partial charge in [-0.15, -0.1) is 5.10 Å². The van der Waals surface area contributed by atoms with E-state index in [2.05, 4.69) is 28.5 Å². The van der Waals surface area contributed by atoms with Crippen molar-refractivity contribution >= 4 is 11.8 Å². The number of ether oxygens (including phenoxy) is 1. The molecule has 0 saturated carbocycles. The molecule has 1 heterocycles. The van der Waals surface area contributed by atoms with Crippen molar-refractivity contribution in [1.82, 2.24) is 20.2 Å². The van der Waals surface area contributed by atoms with Gasteiger partial charge in [0.25, 0.3) is 0 Å². The Morgan fingerprint density at radius 2 is 1.81 bits per heavy atom. The van der Waals surface area contributed by atoms with Crippen molar-refractivity contribution in [3.63, 3.8) is 0 Å². The summed E-state index contributed by atoms with van der Waals surface area (Å²) in [6.07, 6.45) is -0.627. The monoisotopic (exact) mass is 384 g/mol. The first-order chi connectivity index (χ1) is 13.0. The van der Waals surface area contributed by atoms with E-state index in [-0.39, 0.29) is 6.61 Å². The molecule has 0 spiro atoms. The molecule has 3 aromatic rings. The Balaban J connectivity index is 1.62. The van der Waals surface area contributed by atoms with E-state index in [9.17, 15) is 5.11 Å². The molecule has 0 aliphatic carbocycles. The van der Waals surface area contributed by atoms with Gasteiger partial charge in [0, 0.05) is 5.75 Å². The van der Waals surface area contributed by atoms with Gasteiger partial charge in [0.15, 0.2) is 0 Å². The number of aromatic nitrogens is 4. The molecule has 0 saturated heterocycles. The van der Waals surface area contributed by atoms with Crippen LogP contribution in [0.4, 0.5) is 0 Å².